The van der Waals surface area contributed by atoms with E-state index in [9.17, 15) is 18.0 Å². The molecular weight excluding hydrogens is 538 g/mol. The predicted molar refractivity (Wildman–Crippen MR) is 162 cm³/mol. The summed E-state index contributed by atoms with van der Waals surface area (Å²) in [6.45, 7) is 7.78. The number of hydrogen-bond acceptors (Lipinski definition) is 5. The van der Waals surface area contributed by atoms with Gasteiger partial charge in [0.2, 0.25) is 11.8 Å². The van der Waals surface area contributed by atoms with Crippen LogP contribution in [0.15, 0.2) is 77.7 Å². The van der Waals surface area contributed by atoms with Crippen LogP contribution in [0.25, 0.3) is 0 Å². The molecule has 9 heteroatoms. The lowest BCUT2D eigenvalue weighted by Crippen LogP contribution is -2.52. The summed E-state index contributed by atoms with van der Waals surface area (Å²) >= 11 is 0. The maximum Gasteiger partial charge on any atom is 0.264 e. The average molecular weight is 580 g/mol. The number of benzene rings is 3. The molecule has 3 aromatic carbocycles. The molecule has 3 aromatic rings. The van der Waals surface area contributed by atoms with Crippen LogP contribution in [-0.4, -0.2) is 51.4 Å². The molecule has 1 N–H and O–H groups in total. The monoisotopic (exact) mass is 579 g/mol. The summed E-state index contributed by atoms with van der Waals surface area (Å²) in [5.74, 6) is -0.120. The molecule has 0 radical (unpaired) electrons. The van der Waals surface area contributed by atoms with E-state index in [0.29, 0.717) is 24.4 Å². The molecular formula is C32H41N3O5S. The second-order valence-electron chi connectivity index (χ2n) is 10.1. The number of nitrogens with one attached hydrogen (secondary N) is 1. The molecule has 0 spiro atoms. The summed E-state index contributed by atoms with van der Waals surface area (Å²) in [6.07, 6.45) is 2.11. The number of ether oxygens (including phenoxy) is 1. The van der Waals surface area contributed by atoms with E-state index in [1.165, 1.54) is 17.0 Å². The Labute approximate surface area is 244 Å². The van der Waals surface area contributed by atoms with E-state index in [2.05, 4.69) is 5.32 Å². The van der Waals surface area contributed by atoms with Crippen molar-refractivity contribution in [1.29, 1.82) is 0 Å². The number of hydrogen-bond donors (Lipinski definition) is 1. The zero-order chi connectivity index (χ0) is 30.0. The number of carbonyl (C=O) groups is 2. The van der Waals surface area contributed by atoms with E-state index in [1.807, 2.05) is 58.0 Å². The van der Waals surface area contributed by atoms with Gasteiger partial charge in [0.1, 0.15) is 18.3 Å². The lowest BCUT2D eigenvalue weighted by Gasteiger charge is -2.33. The van der Waals surface area contributed by atoms with Gasteiger partial charge in [-0.05, 0) is 68.1 Å². The van der Waals surface area contributed by atoms with Gasteiger partial charge < -0.3 is 15.0 Å². The third kappa shape index (κ3) is 8.10. The van der Waals surface area contributed by atoms with Gasteiger partial charge in [-0.3, -0.25) is 13.9 Å². The van der Waals surface area contributed by atoms with Crippen LogP contribution >= 0.6 is 0 Å². The third-order valence-electron chi connectivity index (χ3n) is 6.93. The Morgan fingerprint density at radius 3 is 2.32 bits per heavy atom. The van der Waals surface area contributed by atoms with Crippen LogP contribution in [0, 0.1) is 13.8 Å². The molecule has 41 heavy (non-hydrogen) atoms. The molecule has 0 aliphatic heterocycles. The van der Waals surface area contributed by atoms with Crippen LogP contribution in [0.1, 0.15) is 49.8 Å². The summed E-state index contributed by atoms with van der Waals surface area (Å²) in [6, 6.07) is 20.0. The number of rotatable bonds is 14. The first-order valence-corrected chi connectivity index (χ1v) is 15.4. The Hall–Kier alpha value is -3.85. The van der Waals surface area contributed by atoms with Gasteiger partial charge in [-0.1, -0.05) is 68.3 Å². The number of carbonyl (C=O) groups excluding carboxylic acids is 2. The zero-order valence-electron chi connectivity index (χ0n) is 24.6. The smallest absolute Gasteiger partial charge is 0.264 e. The van der Waals surface area contributed by atoms with Crippen LogP contribution in [0.2, 0.25) is 0 Å². The molecule has 0 aliphatic carbocycles. The van der Waals surface area contributed by atoms with Crippen molar-refractivity contribution >= 4 is 27.5 Å². The SMILES string of the molecule is CCCCNC(=O)[C@@H](CC)N(Cc1cccc(OC)c1)C(=O)CN(c1ccc(C)cc1C)S(=O)(=O)c1ccccc1. The first-order chi connectivity index (χ1) is 19.6. The van der Waals surface area contributed by atoms with Gasteiger partial charge >= 0.3 is 0 Å². The molecule has 0 unspecified atom stereocenters. The van der Waals surface area contributed by atoms with Gasteiger partial charge in [0, 0.05) is 13.1 Å². The van der Waals surface area contributed by atoms with Crippen molar-refractivity contribution in [3.8, 4) is 5.75 Å². The second kappa shape index (κ2) is 14.7. The average Bonchev–Trinajstić information content (AvgIpc) is 2.96. The Kier molecular flexibility index (Phi) is 11.3. The molecule has 0 aromatic heterocycles. The molecule has 2 amide bonds. The lowest BCUT2D eigenvalue weighted by atomic mass is 10.1. The number of methoxy groups -OCH3 is 1. The Morgan fingerprint density at radius 2 is 1.68 bits per heavy atom. The summed E-state index contributed by atoms with van der Waals surface area (Å²) in [4.78, 5) is 29.1. The third-order valence-corrected chi connectivity index (χ3v) is 8.71. The number of unbranched alkanes of at least 4 members (excludes halogenated alkanes) is 1. The summed E-state index contributed by atoms with van der Waals surface area (Å²) in [5.41, 5.74) is 2.88. The minimum absolute atomic E-state index is 0.0801. The van der Waals surface area contributed by atoms with E-state index >= 15 is 0 Å². The Bertz CT molecular complexity index is 1430. The van der Waals surface area contributed by atoms with Gasteiger partial charge in [-0.15, -0.1) is 0 Å². The lowest BCUT2D eigenvalue weighted by molar-refractivity contribution is -0.140. The fourth-order valence-electron chi connectivity index (χ4n) is 4.71. The Morgan fingerprint density at radius 1 is 0.951 bits per heavy atom. The number of sulfonamides is 1. The topological polar surface area (TPSA) is 96.0 Å². The first-order valence-electron chi connectivity index (χ1n) is 14.0. The number of nitrogens with zero attached hydrogens (tertiary/aromatic N) is 2. The quantitative estimate of drug-likeness (QED) is 0.264. The van der Waals surface area contributed by atoms with Gasteiger partial charge in [0.25, 0.3) is 10.0 Å². The van der Waals surface area contributed by atoms with Crippen molar-refractivity contribution in [2.24, 2.45) is 0 Å². The molecule has 220 valence electrons. The fourth-order valence-corrected chi connectivity index (χ4v) is 6.21. The van der Waals surface area contributed by atoms with Gasteiger partial charge in [0.05, 0.1) is 17.7 Å². The van der Waals surface area contributed by atoms with Crippen molar-refractivity contribution in [3.05, 3.63) is 89.5 Å². The highest BCUT2D eigenvalue weighted by Gasteiger charge is 2.34. The predicted octanol–water partition coefficient (Wildman–Crippen LogP) is 5.23. The Balaban J connectivity index is 2.06. The van der Waals surface area contributed by atoms with Crippen LogP contribution in [0.4, 0.5) is 5.69 Å². The molecule has 3 rings (SSSR count). The van der Waals surface area contributed by atoms with Gasteiger partial charge in [-0.25, -0.2) is 8.42 Å². The minimum atomic E-state index is -4.11. The highest BCUT2D eigenvalue weighted by molar-refractivity contribution is 7.92. The highest BCUT2D eigenvalue weighted by atomic mass is 32.2. The van der Waals surface area contributed by atoms with E-state index < -0.39 is 28.5 Å². The number of amides is 2. The first kappa shape index (κ1) is 31.7. The molecule has 1 atom stereocenters. The summed E-state index contributed by atoms with van der Waals surface area (Å²) in [7, 11) is -2.54. The standard InChI is InChI=1S/C32H41N3O5S/c1-6-8-19-33-32(37)29(7-2)34(22-26-13-12-14-27(21-26)40-5)31(36)23-35(30-18-17-24(3)20-25(30)4)41(38,39)28-15-10-9-11-16-28/h9-18,20-21,29H,6-8,19,22-23H2,1-5H3,(H,33,37)/t29-/m1/s1. The highest BCUT2D eigenvalue weighted by Crippen LogP contribution is 2.28. The van der Waals surface area contributed by atoms with Crippen molar-refractivity contribution in [3.63, 3.8) is 0 Å². The molecule has 0 heterocycles. The van der Waals surface area contributed by atoms with Crippen LogP contribution in [0.3, 0.4) is 0 Å². The van der Waals surface area contributed by atoms with Gasteiger partial charge in [0.15, 0.2) is 0 Å². The minimum Gasteiger partial charge on any atom is -0.497 e. The molecule has 0 saturated heterocycles. The van der Waals surface area contributed by atoms with Crippen LogP contribution in [-0.2, 0) is 26.2 Å². The van der Waals surface area contributed by atoms with Crippen molar-refractivity contribution in [2.45, 2.75) is 64.4 Å². The second-order valence-corrected chi connectivity index (χ2v) is 11.9. The van der Waals surface area contributed by atoms with E-state index in [0.717, 1.165) is 33.8 Å². The molecule has 0 aliphatic rings. The largest absolute Gasteiger partial charge is 0.497 e. The molecule has 0 saturated carbocycles. The van der Waals surface area contributed by atoms with Crippen molar-refractivity contribution < 1.29 is 22.7 Å². The summed E-state index contributed by atoms with van der Waals surface area (Å²) in [5, 5.41) is 2.95. The van der Waals surface area contributed by atoms with Crippen LogP contribution < -0.4 is 14.4 Å². The van der Waals surface area contributed by atoms with Crippen molar-refractivity contribution in [2.75, 3.05) is 24.5 Å². The molecule has 0 bridgehead atoms. The maximum absolute atomic E-state index is 14.2. The van der Waals surface area contributed by atoms with E-state index in [1.54, 1.807) is 37.4 Å². The van der Waals surface area contributed by atoms with E-state index in [-0.39, 0.29) is 17.3 Å². The molecule has 0 fully saturated rings. The number of anilines is 1. The summed E-state index contributed by atoms with van der Waals surface area (Å²) < 4.78 is 34.5. The maximum atomic E-state index is 14.2. The fraction of sp³-hybridized carbons (Fsp3) is 0.375. The number of aryl methyl sites for hydroxylation is 2. The van der Waals surface area contributed by atoms with Crippen LogP contribution in [0.5, 0.6) is 5.75 Å². The van der Waals surface area contributed by atoms with Crippen molar-refractivity contribution in [1.82, 2.24) is 10.2 Å². The van der Waals surface area contributed by atoms with Gasteiger partial charge in [-0.2, -0.15) is 0 Å². The normalized spacial score (nSPS) is 11.9. The van der Waals surface area contributed by atoms with E-state index in [4.69, 9.17) is 4.74 Å². The zero-order valence-corrected chi connectivity index (χ0v) is 25.4. The molecule has 8 nitrogen and oxygen atoms in total.